The van der Waals surface area contributed by atoms with Crippen molar-refractivity contribution in [2.24, 2.45) is 23.0 Å². The highest BCUT2D eigenvalue weighted by Gasteiger charge is 2.62. The zero-order chi connectivity index (χ0) is 30.1. The number of rotatable bonds is 5. The topological polar surface area (TPSA) is 144 Å². The Kier molecular flexibility index (Phi) is 6.78. The molecule has 9 nitrogen and oxygen atoms in total. The number of carbonyl (C=O) groups excluding carboxylic acids is 3. The Morgan fingerprint density at radius 1 is 1.05 bits per heavy atom. The van der Waals surface area contributed by atoms with Gasteiger partial charge in [0.15, 0.2) is 11.6 Å². The zero-order valence-corrected chi connectivity index (χ0v) is 24.2. The molecular formula is C33H37N3O6. The van der Waals surface area contributed by atoms with Crippen LogP contribution in [0.5, 0.6) is 5.75 Å². The second kappa shape index (κ2) is 10.1. The molecule has 1 aliphatic heterocycles. The smallest absolute Gasteiger partial charge is 0.255 e. The molecule has 4 atom stereocenters. The number of phenols is 1. The summed E-state index contributed by atoms with van der Waals surface area (Å²) in [5, 5.41) is 33.7. The molecule has 2 unspecified atom stereocenters. The number of aliphatic hydroxyl groups is 2. The van der Waals surface area contributed by atoms with Crippen LogP contribution in [0.3, 0.4) is 0 Å². The van der Waals surface area contributed by atoms with Crippen LogP contribution in [0.2, 0.25) is 0 Å². The highest BCUT2D eigenvalue weighted by molar-refractivity contribution is 6.24. The van der Waals surface area contributed by atoms with E-state index < -0.39 is 52.1 Å². The molecule has 2 fully saturated rings. The Balaban J connectivity index is 1.45. The van der Waals surface area contributed by atoms with Gasteiger partial charge < -0.3 is 21.1 Å². The molecule has 1 saturated heterocycles. The van der Waals surface area contributed by atoms with Crippen molar-refractivity contribution in [3.63, 3.8) is 0 Å². The van der Waals surface area contributed by atoms with E-state index in [9.17, 15) is 29.7 Å². The van der Waals surface area contributed by atoms with Crippen LogP contribution >= 0.6 is 0 Å². The van der Waals surface area contributed by atoms with Gasteiger partial charge in [-0.1, -0.05) is 30.3 Å². The number of likely N-dealkylation sites (tertiary alicyclic amines) is 1. The molecule has 0 spiro atoms. The lowest BCUT2D eigenvalue weighted by Crippen LogP contribution is -2.60. The third-order valence-electron chi connectivity index (χ3n) is 9.94. The summed E-state index contributed by atoms with van der Waals surface area (Å²) in [7, 11) is 3.38. The molecule has 0 bridgehead atoms. The molecule has 1 amide bonds. The predicted octanol–water partition coefficient (Wildman–Crippen LogP) is 3.50. The Morgan fingerprint density at radius 2 is 1.71 bits per heavy atom. The van der Waals surface area contributed by atoms with Crippen LogP contribution in [-0.4, -0.2) is 75.8 Å². The summed E-state index contributed by atoms with van der Waals surface area (Å²) in [5.74, 6) is -4.53. The van der Waals surface area contributed by atoms with Crippen molar-refractivity contribution in [3.8, 4) is 16.9 Å². The summed E-state index contributed by atoms with van der Waals surface area (Å²) in [4.78, 5) is 44.0. The lowest BCUT2D eigenvalue weighted by atomic mass is 9.52. The summed E-state index contributed by atoms with van der Waals surface area (Å²) in [6, 6.07) is 10.8. The van der Waals surface area contributed by atoms with Crippen LogP contribution in [-0.2, 0) is 27.3 Å². The fourth-order valence-electron chi connectivity index (χ4n) is 7.80. The molecule has 5 N–H and O–H groups in total. The SMILES string of the molecule is CN(C)C1C(=O)C(C(N)=O)=C(O)C2(C)C(=O)C3=C(O)c4c(O)ccc(-c5ccc(CN6CCCC6)cc5)c4C[C@H]3C[C@@H]12. The summed E-state index contributed by atoms with van der Waals surface area (Å²) < 4.78 is 0. The molecule has 3 aliphatic carbocycles. The number of aliphatic hydroxyl groups excluding tert-OH is 2. The van der Waals surface area contributed by atoms with E-state index in [1.807, 2.05) is 18.2 Å². The van der Waals surface area contributed by atoms with E-state index in [0.29, 0.717) is 12.8 Å². The number of allylic oxidation sites excluding steroid dienone is 2. The largest absolute Gasteiger partial charge is 0.510 e. The van der Waals surface area contributed by atoms with Crippen LogP contribution in [0.15, 0.2) is 53.3 Å². The average molecular weight is 572 g/mol. The maximum absolute atomic E-state index is 14.3. The second-order valence-electron chi connectivity index (χ2n) is 12.6. The first-order chi connectivity index (χ1) is 19.9. The number of nitrogens with two attached hydrogens (primary N) is 1. The van der Waals surface area contributed by atoms with Crippen molar-refractivity contribution >= 4 is 23.2 Å². The molecule has 1 heterocycles. The van der Waals surface area contributed by atoms with Gasteiger partial charge in [0, 0.05) is 18.0 Å². The maximum Gasteiger partial charge on any atom is 0.255 e. The van der Waals surface area contributed by atoms with E-state index in [1.54, 1.807) is 19.0 Å². The van der Waals surface area contributed by atoms with Crippen molar-refractivity contribution < 1.29 is 29.7 Å². The quantitative estimate of drug-likeness (QED) is 0.399. The lowest BCUT2D eigenvalue weighted by molar-refractivity contribution is -0.139. The minimum absolute atomic E-state index is 0.0943. The first kappa shape index (κ1) is 28.2. The van der Waals surface area contributed by atoms with Crippen LogP contribution < -0.4 is 5.73 Å². The number of ketones is 2. The van der Waals surface area contributed by atoms with Gasteiger partial charge in [-0.3, -0.25) is 24.2 Å². The van der Waals surface area contributed by atoms with Crippen molar-refractivity contribution in [2.75, 3.05) is 27.2 Å². The molecule has 1 saturated carbocycles. The van der Waals surface area contributed by atoms with E-state index in [1.165, 1.54) is 31.4 Å². The fourth-order valence-corrected chi connectivity index (χ4v) is 7.80. The van der Waals surface area contributed by atoms with Gasteiger partial charge >= 0.3 is 0 Å². The number of hydrogen-bond donors (Lipinski definition) is 4. The number of fused-ring (bicyclic) bond motifs is 3. The third-order valence-corrected chi connectivity index (χ3v) is 9.94. The summed E-state index contributed by atoms with van der Waals surface area (Å²) in [6.45, 7) is 4.63. The molecule has 4 aliphatic rings. The molecule has 6 rings (SSSR count). The number of hydrogen-bond acceptors (Lipinski definition) is 8. The Labute approximate surface area is 244 Å². The van der Waals surface area contributed by atoms with E-state index >= 15 is 0 Å². The van der Waals surface area contributed by atoms with Crippen LogP contribution in [0.1, 0.15) is 42.9 Å². The number of primary amides is 1. The van der Waals surface area contributed by atoms with Crippen LogP contribution in [0, 0.1) is 17.3 Å². The minimum Gasteiger partial charge on any atom is -0.510 e. The van der Waals surface area contributed by atoms with Gasteiger partial charge in [-0.2, -0.15) is 0 Å². The number of nitrogens with zero attached hydrogens (tertiary/aromatic N) is 2. The average Bonchev–Trinajstić information content (AvgIpc) is 3.44. The van der Waals surface area contributed by atoms with E-state index in [-0.39, 0.29) is 22.6 Å². The molecule has 2 aromatic carbocycles. The zero-order valence-electron chi connectivity index (χ0n) is 24.2. The highest BCUT2D eigenvalue weighted by atomic mass is 16.3. The predicted molar refractivity (Wildman–Crippen MR) is 157 cm³/mol. The Bertz CT molecular complexity index is 1570. The van der Waals surface area contributed by atoms with E-state index in [2.05, 4.69) is 17.0 Å². The number of phenolic OH excluding ortho intramolecular Hbond substituents is 1. The number of Topliss-reactive ketones (excluding diaryl/α,β-unsaturated/α-hetero) is 2. The molecule has 220 valence electrons. The van der Waals surface area contributed by atoms with Gasteiger partial charge in [0.1, 0.15) is 22.8 Å². The van der Waals surface area contributed by atoms with Gasteiger partial charge in [-0.25, -0.2) is 0 Å². The fraction of sp³-hybridized carbons (Fsp3) is 0.424. The molecule has 2 aromatic rings. The van der Waals surface area contributed by atoms with Gasteiger partial charge in [-0.05, 0) is 94.0 Å². The molecular weight excluding hydrogens is 534 g/mol. The monoisotopic (exact) mass is 571 g/mol. The van der Waals surface area contributed by atoms with Crippen LogP contribution in [0.4, 0.5) is 0 Å². The van der Waals surface area contributed by atoms with E-state index in [4.69, 9.17) is 5.73 Å². The number of amides is 1. The normalized spacial score (nSPS) is 27.8. The van der Waals surface area contributed by atoms with Gasteiger partial charge in [0.05, 0.1) is 17.0 Å². The summed E-state index contributed by atoms with van der Waals surface area (Å²) >= 11 is 0. The number of aromatic hydroxyl groups is 1. The first-order valence-electron chi connectivity index (χ1n) is 14.5. The molecule has 0 aromatic heterocycles. The highest BCUT2D eigenvalue weighted by Crippen LogP contribution is 2.57. The molecule has 42 heavy (non-hydrogen) atoms. The molecule has 9 heteroatoms. The van der Waals surface area contributed by atoms with E-state index in [0.717, 1.165) is 36.3 Å². The van der Waals surface area contributed by atoms with Crippen LogP contribution in [0.25, 0.3) is 16.9 Å². The van der Waals surface area contributed by atoms with Crippen molar-refractivity contribution in [3.05, 3.63) is 70.0 Å². The maximum atomic E-state index is 14.3. The minimum atomic E-state index is -1.65. The summed E-state index contributed by atoms with van der Waals surface area (Å²) in [6.07, 6.45) is 3.11. The Morgan fingerprint density at radius 3 is 2.33 bits per heavy atom. The second-order valence-corrected chi connectivity index (χ2v) is 12.6. The van der Waals surface area contributed by atoms with Crippen molar-refractivity contribution in [1.29, 1.82) is 0 Å². The standard InChI is InChI=1S/C33H37N3O6/c1-33-22(27(35(2)3)29(39)26(31(33)41)32(34)42)15-19-14-21-20(10-11-23(37)25(21)28(38)24(19)30(33)40)18-8-6-17(7-9-18)16-36-12-4-5-13-36/h6-11,19,22,27,37-38,41H,4-5,12-16H2,1-3H3,(H2,34,42)/t19-,22-,27?,33?/m0/s1. The van der Waals surface area contributed by atoms with Crippen molar-refractivity contribution in [1.82, 2.24) is 9.80 Å². The molecule has 0 radical (unpaired) electrons. The third kappa shape index (κ3) is 4.09. The Hall–Kier alpha value is -3.95. The van der Waals surface area contributed by atoms with Gasteiger partial charge in [0.2, 0.25) is 0 Å². The lowest BCUT2D eigenvalue weighted by Gasteiger charge is -2.51. The summed E-state index contributed by atoms with van der Waals surface area (Å²) in [5.41, 5.74) is 7.30. The van der Waals surface area contributed by atoms with Gasteiger partial charge in [0.25, 0.3) is 5.91 Å². The van der Waals surface area contributed by atoms with Crippen molar-refractivity contribution in [2.45, 2.75) is 45.2 Å². The number of benzene rings is 2. The van der Waals surface area contributed by atoms with Gasteiger partial charge in [-0.15, -0.1) is 0 Å². The first-order valence-corrected chi connectivity index (χ1v) is 14.5. The number of carbonyl (C=O) groups is 3. The number of likely N-dealkylation sites (N-methyl/N-ethyl adjacent to an activating group) is 1.